The van der Waals surface area contributed by atoms with E-state index in [9.17, 15) is 9.18 Å². The highest BCUT2D eigenvalue weighted by Crippen LogP contribution is 2.26. The molecule has 4 rings (SSSR count). The van der Waals surface area contributed by atoms with E-state index in [-0.39, 0.29) is 11.5 Å². The molecule has 0 spiro atoms. The average molecular weight is 394 g/mol. The smallest absolute Gasteiger partial charge is 0.261 e. The lowest BCUT2D eigenvalue weighted by Crippen LogP contribution is -2.19. The maximum absolute atomic E-state index is 14.4. The Kier molecular flexibility index (Phi) is 5.95. The summed E-state index contributed by atoms with van der Waals surface area (Å²) in [4.78, 5) is 19.5. The Balaban J connectivity index is 1.50. The van der Waals surface area contributed by atoms with Crippen LogP contribution in [-0.4, -0.2) is 47.7 Å². The van der Waals surface area contributed by atoms with Gasteiger partial charge in [0.25, 0.3) is 5.56 Å². The van der Waals surface area contributed by atoms with Gasteiger partial charge in [-0.15, -0.1) is 0 Å². The molecule has 1 aromatic carbocycles. The van der Waals surface area contributed by atoms with Gasteiger partial charge in [-0.25, -0.2) is 9.37 Å². The molecule has 2 aromatic rings. The van der Waals surface area contributed by atoms with Crippen molar-refractivity contribution in [2.24, 2.45) is 0 Å². The third kappa shape index (κ3) is 4.62. The molecule has 1 aromatic heterocycles. The molecule has 0 bridgehead atoms. The fraction of sp³-hybridized carbons (Fsp3) is 0.579. The summed E-state index contributed by atoms with van der Waals surface area (Å²) >= 11 is 1.75. The van der Waals surface area contributed by atoms with Gasteiger partial charge in [-0.05, 0) is 25.7 Å². The van der Waals surface area contributed by atoms with Gasteiger partial charge in [0.1, 0.15) is 29.4 Å². The van der Waals surface area contributed by atoms with E-state index >= 15 is 0 Å². The summed E-state index contributed by atoms with van der Waals surface area (Å²) in [6.07, 6.45) is 4.01. The molecule has 0 aliphatic carbocycles. The molecular formula is C19H23FN2O4S. The molecule has 1 atom stereocenters. The van der Waals surface area contributed by atoms with E-state index in [1.807, 2.05) is 0 Å². The molecule has 3 heterocycles. The van der Waals surface area contributed by atoms with Gasteiger partial charge in [0.15, 0.2) is 0 Å². The van der Waals surface area contributed by atoms with E-state index in [1.54, 1.807) is 17.8 Å². The van der Waals surface area contributed by atoms with Crippen LogP contribution in [0.1, 0.15) is 31.5 Å². The van der Waals surface area contributed by atoms with Gasteiger partial charge in [-0.2, -0.15) is 11.8 Å². The Morgan fingerprint density at radius 1 is 1.26 bits per heavy atom. The van der Waals surface area contributed by atoms with Crippen molar-refractivity contribution >= 4 is 22.7 Å². The summed E-state index contributed by atoms with van der Waals surface area (Å²) < 4.78 is 31.0. The van der Waals surface area contributed by atoms with Crippen LogP contribution in [0.15, 0.2) is 16.9 Å². The van der Waals surface area contributed by atoms with Gasteiger partial charge >= 0.3 is 0 Å². The van der Waals surface area contributed by atoms with Crippen LogP contribution in [0.2, 0.25) is 0 Å². The minimum atomic E-state index is -0.618. The van der Waals surface area contributed by atoms with Crippen LogP contribution in [-0.2, 0) is 15.2 Å². The number of nitrogens with zero attached hydrogens (tertiary/aromatic N) is 1. The van der Waals surface area contributed by atoms with Crippen LogP contribution >= 0.6 is 11.8 Å². The Bertz CT molecular complexity index is 847. The monoisotopic (exact) mass is 394 g/mol. The van der Waals surface area contributed by atoms with Crippen molar-refractivity contribution in [3.05, 3.63) is 34.1 Å². The normalized spacial score (nSPS) is 21.0. The Hall–Kier alpha value is -1.64. The molecule has 0 saturated carbocycles. The Morgan fingerprint density at radius 2 is 2.11 bits per heavy atom. The summed E-state index contributed by atoms with van der Waals surface area (Å²) in [6.45, 7) is 2.66. The Labute approximate surface area is 160 Å². The number of halogens is 1. The maximum atomic E-state index is 14.4. The fourth-order valence-corrected chi connectivity index (χ4v) is 4.46. The molecular weight excluding hydrogens is 371 g/mol. The standard InChI is InChI=1S/C19H23FN2O4S/c20-15-8-13(26-10-12-2-1-5-25-12)9-16-18(15)19(23)22-17(21-16)11-27-14-3-6-24-7-4-14/h8-9,12,14H,1-7,10-11H2,(H,21,22,23)/t12-/m1/s1. The number of aromatic amines is 1. The molecule has 1 N–H and O–H groups in total. The summed E-state index contributed by atoms with van der Waals surface area (Å²) in [7, 11) is 0. The van der Waals surface area contributed by atoms with Crippen molar-refractivity contribution in [3.63, 3.8) is 0 Å². The van der Waals surface area contributed by atoms with Gasteiger partial charge < -0.3 is 19.2 Å². The first-order chi connectivity index (χ1) is 13.2. The van der Waals surface area contributed by atoms with Crippen molar-refractivity contribution < 1.29 is 18.6 Å². The van der Waals surface area contributed by atoms with Crippen LogP contribution in [0.5, 0.6) is 5.75 Å². The topological polar surface area (TPSA) is 73.4 Å². The first-order valence-corrected chi connectivity index (χ1v) is 10.4. The third-order valence-electron chi connectivity index (χ3n) is 4.87. The van der Waals surface area contributed by atoms with Gasteiger partial charge in [0, 0.05) is 37.2 Å². The molecule has 0 amide bonds. The highest BCUT2D eigenvalue weighted by molar-refractivity contribution is 7.99. The van der Waals surface area contributed by atoms with Gasteiger partial charge in [-0.1, -0.05) is 0 Å². The van der Waals surface area contributed by atoms with E-state index in [2.05, 4.69) is 9.97 Å². The van der Waals surface area contributed by atoms with Gasteiger partial charge in [0.05, 0.1) is 17.4 Å². The Morgan fingerprint density at radius 3 is 2.89 bits per heavy atom. The minimum Gasteiger partial charge on any atom is -0.491 e. The molecule has 2 saturated heterocycles. The maximum Gasteiger partial charge on any atom is 0.261 e. The van der Waals surface area contributed by atoms with Crippen molar-refractivity contribution in [2.75, 3.05) is 26.4 Å². The third-order valence-corrected chi connectivity index (χ3v) is 6.25. The van der Waals surface area contributed by atoms with Crippen molar-refractivity contribution in [1.82, 2.24) is 9.97 Å². The second kappa shape index (κ2) is 8.58. The lowest BCUT2D eigenvalue weighted by molar-refractivity contribution is 0.0679. The van der Waals surface area contributed by atoms with Gasteiger partial charge in [-0.3, -0.25) is 4.79 Å². The zero-order chi connectivity index (χ0) is 18.6. The second-order valence-corrected chi connectivity index (χ2v) is 8.17. The molecule has 8 heteroatoms. The number of thioether (sulfide) groups is 1. The lowest BCUT2D eigenvalue weighted by Gasteiger charge is -2.21. The largest absolute Gasteiger partial charge is 0.491 e. The minimum absolute atomic E-state index is 0.0284. The highest BCUT2D eigenvalue weighted by Gasteiger charge is 2.18. The summed E-state index contributed by atoms with van der Waals surface area (Å²) in [5, 5.41) is 0.469. The second-order valence-electron chi connectivity index (χ2n) is 6.88. The first kappa shape index (κ1) is 18.7. The molecule has 6 nitrogen and oxygen atoms in total. The average Bonchev–Trinajstić information content (AvgIpc) is 3.19. The lowest BCUT2D eigenvalue weighted by atomic mass is 10.2. The highest BCUT2D eigenvalue weighted by atomic mass is 32.2. The van der Waals surface area contributed by atoms with Crippen molar-refractivity contribution in [2.45, 2.75) is 42.8 Å². The number of rotatable bonds is 6. The van der Waals surface area contributed by atoms with Gasteiger partial charge in [0.2, 0.25) is 0 Å². The fourth-order valence-electron chi connectivity index (χ4n) is 3.40. The van der Waals surface area contributed by atoms with Crippen LogP contribution in [0.25, 0.3) is 10.9 Å². The summed E-state index contributed by atoms with van der Waals surface area (Å²) in [6, 6.07) is 2.87. The number of aromatic nitrogens is 2. The van der Waals surface area contributed by atoms with E-state index in [0.717, 1.165) is 45.5 Å². The molecule has 2 aliphatic rings. The van der Waals surface area contributed by atoms with Crippen molar-refractivity contribution in [3.8, 4) is 5.75 Å². The zero-order valence-electron chi connectivity index (χ0n) is 15.0. The molecule has 2 fully saturated rings. The molecule has 0 radical (unpaired) electrons. The molecule has 2 aliphatic heterocycles. The number of benzene rings is 1. The summed E-state index contributed by atoms with van der Waals surface area (Å²) in [5.41, 5.74) is -0.130. The SMILES string of the molecule is O=c1[nH]c(CSC2CCOCC2)nc2cc(OC[C@H]3CCCO3)cc(F)c12. The number of H-pyrrole nitrogens is 1. The quantitative estimate of drug-likeness (QED) is 0.812. The first-order valence-electron chi connectivity index (χ1n) is 9.35. The van der Waals surface area contributed by atoms with Crippen LogP contribution in [0, 0.1) is 5.82 Å². The van der Waals surface area contributed by atoms with Crippen LogP contribution < -0.4 is 10.3 Å². The number of ether oxygens (including phenoxy) is 3. The number of hydrogen-bond donors (Lipinski definition) is 1. The summed E-state index contributed by atoms with van der Waals surface area (Å²) in [5.74, 6) is 0.891. The number of hydrogen-bond acceptors (Lipinski definition) is 6. The van der Waals surface area contributed by atoms with E-state index in [4.69, 9.17) is 14.2 Å². The van der Waals surface area contributed by atoms with E-state index in [1.165, 1.54) is 6.07 Å². The molecule has 146 valence electrons. The molecule has 0 unspecified atom stereocenters. The number of nitrogens with one attached hydrogen (secondary N) is 1. The predicted molar refractivity (Wildman–Crippen MR) is 102 cm³/mol. The molecule has 27 heavy (non-hydrogen) atoms. The predicted octanol–water partition coefficient (Wildman–Crippen LogP) is 3.03. The number of fused-ring (bicyclic) bond motifs is 1. The van der Waals surface area contributed by atoms with E-state index < -0.39 is 11.4 Å². The van der Waals surface area contributed by atoms with Crippen LogP contribution in [0.3, 0.4) is 0 Å². The van der Waals surface area contributed by atoms with Crippen molar-refractivity contribution in [1.29, 1.82) is 0 Å². The van der Waals surface area contributed by atoms with Crippen LogP contribution in [0.4, 0.5) is 4.39 Å². The van der Waals surface area contributed by atoms with E-state index in [0.29, 0.717) is 34.7 Å². The zero-order valence-corrected chi connectivity index (χ0v) is 15.9.